The van der Waals surface area contributed by atoms with Crippen LogP contribution in [-0.4, -0.2) is 0 Å². The molecular weight excluding hydrogens is 212 g/mol. The van der Waals surface area contributed by atoms with Crippen LogP contribution in [0.3, 0.4) is 0 Å². The molecule has 1 aromatic heterocycles. The van der Waals surface area contributed by atoms with Crippen LogP contribution in [-0.2, 0) is 6.42 Å². The first-order valence-electron chi connectivity index (χ1n) is 5.92. The van der Waals surface area contributed by atoms with Gasteiger partial charge in [-0.3, -0.25) is 5.84 Å². The molecule has 1 unspecified atom stereocenters. The number of aryl methyl sites for hydroxylation is 1. The molecule has 0 amide bonds. The van der Waals surface area contributed by atoms with Crippen LogP contribution in [0.1, 0.15) is 36.1 Å². The number of hydrogen-bond donors (Lipinski definition) is 2. The lowest BCUT2D eigenvalue weighted by Gasteiger charge is -2.14. The molecule has 0 radical (unpaired) electrons. The maximum Gasteiger partial charge on any atom is 0.0954 e. The average Bonchev–Trinajstić information content (AvgIpc) is 2.86. The molecule has 0 saturated carbocycles. The minimum atomic E-state index is -0.00979. The van der Waals surface area contributed by atoms with Gasteiger partial charge in [-0.15, -0.1) is 0 Å². The molecule has 3 heteroatoms. The lowest BCUT2D eigenvalue weighted by Crippen LogP contribution is -2.28. The summed E-state index contributed by atoms with van der Waals surface area (Å²) in [6.45, 7) is 2.18. The van der Waals surface area contributed by atoms with E-state index in [9.17, 15) is 0 Å². The third-order valence-electron chi connectivity index (χ3n) is 2.89. The quantitative estimate of drug-likeness (QED) is 0.613. The Bertz CT molecular complexity index is 434. The van der Waals surface area contributed by atoms with Gasteiger partial charge in [-0.1, -0.05) is 37.6 Å². The van der Waals surface area contributed by atoms with Gasteiger partial charge in [0.25, 0.3) is 0 Å². The smallest absolute Gasteiger partial charge is 0.0954 e. The van der Waals surface area contributed by atoms with Crippen LogP contribution in [0, 0.1) is 0 Å². The molecule has 0 bridgehead atoms. The number of furan rings is 1. The minimum Gasteiger partial charge on any atom is -0.472 e. The monoisotopic (exact) mass is 230 g/mol. The summed E-state index contributed by atoms with van der Waals surface area (Å²) in [6.07, 6.45) is 5.65. The molecular formula is C14H18N2O. The maximum atomic E-state index is 5.60. The molecule has 90 valence electrons. The fourth-order valence-corrected chi connectivity index (χ4v) is 1.99. The number of nitrogens with one attached hydrogen (secondary N) is 1. The first-order valence-corrected chi connectivity index (χ1v) is 5.92. The SMILES string of the molecule is CCCc1ccc(C(NN)c2ccoc2)cc1. The van der Waals surface area contributed by atoms with Crippen molar-refractivity contribution in [3.05, 3.63) is 59.5 Å². The van der Waals surface area contributed by atoms with Crippen molar-refractivity contribution in [2.24, 2.45) is 5.84 Å². The number of rotatable bonds is 5. The van der Waals surface area contributed by atoms with Gasteiger partial charge in [-0.2, -0.15) is 0 Å². The Labute approximate surface area is 102 Å². The van der Waals surface area contributed by atoms with Crippen molar-refractivity contribution in [2.45, 2.75) is 25.8 Å². The molecule has 0 fully saturated rings. The lowest BCUT2D eigenvalue weighted by atomic mass is 9.99. The van der Waals surface area contributed by atoms with Crippen molar-refractivity contribution in [2.75, 3.05) is 0 Å². The number of nitrogens with two attached hydrogens (primary N) is 1. The number of hydrogen-bond acceptors (Lipinski definition) is 3. The highest BCUT2D eigenvalue weighted by Gasteiger charge is 2.12. The second-order valence-corrected chi connectivity index (χ2v) is 4.15. The van der Waals surface area contributed by atoms with Crippen LogP contribution in [0.15, 0.2) is 47.3 Å². The highest BCUT2D eigenvalue weighted by atomic mass is 16.3. The average molecular weight is 230 g/mol. The lowest BCUT2D eigenvalue weighted by molar-refractivity contribution is 0.553. The van der Waals surface area contributed by atoms with E-state index in [2.05, 4.69) is 36.6 Å². The summed E-state index contributed by atoms with van der Waals surface area (Å²) in [7, 11) is 0. The summed E-state index contributed by atoms with van der Waals surface area (Å²) in [6, 6.07) is 10.5. The summed E-state index contributed by atoms with van der Waals surface area (Å²) in [5, 5.41) is 0. The largest absolute Gasteiger partial charge is 0.472 e. The zero-order valence-electron chi connectivity index (χ0n) is 10.0. The maximum absolute atomic E-state index is 5.60. The van der Waals surface area contributed by atoms with E-state index in [4.69, 9.17) is 10.3 Å². The third kappa shape index (κ3) is 2.75. The molecule has 2 aromatic rings. The molecule has 0 aliphatic rings. The van der Waals surface area contributed by atoms with E-state index >= 15 is 0 Å². The third-order valence-corrected chi connectivity index (χ3v) is 2.89. The summed E-state index contributed by atoms with van der Waals surface area (Å²) in [5.41, 5.74) is 6.36. The Kier molecular flexibility index (Phi) is 3.96. The van der Waals surface area contributed by atoms with Gasteiger partial charge >= 0.3 is 0 Å². The first-order chi connectivity index (χ1) is 8.35. The molecule has 17 heavy (non-hydrogen) atoms. The van der Waals surface area contributed by atoms with Crippen LogP contribution < -0.4 is 11.3 Å². The normalized spacial score (nSPS) is 12.6. The van der Waals surface area contributed by atoms with Gasteiger partial charge in [-0.25, -0.2) is 5.43 Å². The summed E-state index contributed by atoms with van der Waals surface area (Å²) < 4.78 is 5.09. The molecule has 0 aliphatic carbocycles. The molecule has 0 spiro atoms. The molecule has 1 aromatic carbocycles. The van der Waals surface area contributed by atoms with Gasteiger partial charge in [0.15, 0.2) is 0 Å². The predicted octanol–water partition coefficient (Wildman–Crippen LogP) is 2.78. The minimum absolute atomic E-state index is 0.00979. The second-order valence-electron chi connectivity index (χ2n) is 4.15. The second kappa shape index (κ2) is 5.66. The van der Waals surface area contributed by atoms with E-state index in [1.54, 1.807) is 12.5 Å². The molecule has 2 rings (SSSR count). The zero-order chi connectivity index (χ0) is 12.1. The molecule has 3 N–H and O–H groups in total. The fourth-order valence-electron chi connectivity index (χ4n) is 1.99. The Hall–Kier alpha value is -1.58. The highest BCUT2D eigenvalue weighted by Crippen LogP contribution is 2.22. The van der Waals surface area contributed by atoms with Crippen LogP contribution in [0.4, 0.5) is 0 Å². The van der Waals surface area contributed by atoms with E-state index < -0.39 is 0 Å². The summed E-state index contributed by atoms with van der Waals surface area (Å²) in [5.74, 6) is 5.60. The van der Waals surface area contributed by atoms with Crippen molar-refractivity contribution in [1.82, 2.24) is 5.43 Å². The van der Waals surface area contributed by atoms with Crippen molar-refractivity contribution in [1.29, 1.82) is 0 Å². The Morgan fingerprint density at radius 3 is 2.47 bits per heavy atom. The van der Waals surface area contributed by atoms with Gasteiger partial charge in [-0.05, 0) is 23.6 Å². The van der Waals surface area contributed by atoms with Crippen LogP contribution in [0.5, 0.6) is 0 Å². The van der Waals surface area contributed by atoms with Gasteiger partial charge in [0.05, 0.1) is 18.6 Å². The standard InChI is InChI=1S/C14H18N2O/c1-2-3-11-4-6-12(7-5-11)14(16-15)13-8-9-17-10-13/h4-10,14,16H,2-3,15H2,1H3. The van der Waals surface area contributed by atoms with Crippen LogP contribution in [0.25, 0.3) is 0 Å². The van der Waals surface area contributed by atoms with Crippen LogP contribution in [0.2, 0.25) is 0 Å². The molecule has 0 aliphatic heterocycles. The molecule has 1 atom stereocenters. The Morgan fingerprint density at radius 2 is 1.94 bits per heavy atom. The van der Waals surface area contributed by atoms with Crippen molar-refractivity contribution in [3.63, 3.8) is 0 Å². The van der Waals surface area contributed by atoms with E-state index in [0.29, 0.717) is 0 Å². The number of hydrazine groups is 1. The first kappa shape index (κ1) is 11.9. The molecule has 1 heterocycles. The zero-order valence-corrected chi connectivity index (χ0v) is 10.0. The topological polar surface area (TPSA) is 51.2 Å². The Morgan fingerprint density at radius 1 is 1.18 bits per heavy atom. The molecule has 0 saturated heterocycles. The van der Waals surface area contributed by atoms with Gasteiger partial charge in [0.2, 0.25) is 0 Å². The summed E-state index contributed by atoms with van der Waals surface area (Å²) in [4.78, 5) is 0. The highest BCUT2D eigenvalue weighted by molar-refractivity contribution is 5.31. The van der Waals surface area contributed by atoms with Crippen molar-refractivity contribution >= 4 is 0 Å². The van der Waals surface area contributed by atoms with Crippen molar-refractivity contribution in [3.8, 4) is 0 Å². The van der Waals surface area contributed by atoms with Crippen molar-refractivity contribution < 1.29 is 4.42 Å². The van der Waals surface area contributed by atoms with E-state index in [0.717, 1.165) is 17.5 Å². The molecule has 3 nitrogen and oxygen atoms in total. The predicted molar refractivity (Wildman–Crippen MR) is 68.3 cm³/mol. The van der Waals surface area contributed by atoms with Gasteiger partial charge in [0.1, 0.15) is 0 Å². The van der Waals surface area contributed by atoms with Gasteiger partial charge in [0, 0.05) is 5.56 Å². The summed E-state index contributed by atoms with van der Waals surface area (Å²) >= 11 is 0. The van der Waals surface area contributed by atoms with Gasteiger partial charge < -0.3 is 4.42 Å². The van der Waals surface area contributed by atoms with E-state index in [1.807, 2.05) is 6.07 Å². The Balaban J connectivity index is 2.20. The van der Waals surface area contributed by atoms with E-state index in [1.165, 1.54) is 12.0 Å². The van der Waals surface area contributed by atoms with E-state index in [-0.39, 0.29) is 6.04 Å². The fraction of sp³-hybridized carbons (Fsp3) is 0.286. The number of benzene rings is 1. The van der Waals surface area contributed by atoms with Crippen LogP contribution >= 0.6 is 0 Å².